The molecule has 6 nitrogen and oxygen atoms in total. The predicted molar refractivity (Wildman–Crippen MR) is 106 cm³/mol. The van der Waals surface area contributed by atoms with Crippen molar-refractivity contribution < 1.29 is 14.3 Å². The Morgan fingerprint density at radius 3 is 2.41 bits per heavy atom. The molecule has 0 saturated heterocycles. The van der Waals surface area contributed by atoms with E-state index in [0.717, 1.165) is 5.69 Å². The largest absolute Gasteiger partial charge is 0.493 e. The molecule has 1 aromatic heterocycles. The van der Waals surface area contributed by atoms with E-state index in [9.17, 15) is 4.79 Å². The van der Waals surface area contributed by atoms with E-state index in [2.05, 4.69) is 15.6 Å². The molecule has 0 saturated carbocycles. The number of anilines is 3. The third kappa shape index (κ3) is 4.55. The van der Waals surface area contributed by atoms with Crippen molar-refractivity contribution in [1.82, 2.24) is 4.98 Å². The van der Waals surface area contributed by atoms with Gasteiger partial charge in [0.2, 0.25) is 0 Å². The van der Waals surface area contributed by atoms with Crippen LogP contribution in [0.15, 0.2) is 60.8 Å². The molecule has 3 rings (SSSR count). The Hall–Kier alpha value is -3.54. The highest BCUT2D eigenvalue weighted by atomic mass is 16.5. The van der Waals surface area contributed by atoms with Crippen molar-refractivity contribution in [2.75, 3.05) is 24.9 Å². The molecule has 0 aliphatic heterocycles. The van der Waals surface area contributed by atoms with Crippen LogP contribution >= 0.6 is 0 Å². The van der Waals surface area contributed by atoms with Crippen LogP contribution in [0.25, 0.3) is 0 Å². The summed E-state index contributed by atoms with van der Waals surface area (Å²) >= 11 is 0. The Kier molecular flexibility index (Phi) is 5.56. The number of aromatic nitrogens is 1. The summed E-state index contributed by atoms with van der Waals surface area (Å²) in [5.41, 5.74) is 3.20. The fourth-order valence-electron chi connectivity index (χ4n) is 2.59. The topological polar surface area (TPSA) is 72.5 Å². The molecule has 0 atom stereocenters. The zero-order valence-corrected chi connectivity index (χ0v) is 15.4. The average molecular weight is 363 g/mol. The molecule has 0 aliphatic carbocycles. The molecule has 0 spiro atoms. The monoisotopic (exact) mass is 363 g/mol. The van der Waals surface area contributed by atoms with E-state index in [-0.39, 0.29) is 5.91 Å². The second kappa shape index (κ2) is 8.23. The van der Waals surface area contributed by atoms with Gasteiger partial charge in [0.15, 0.2) is 11.5 Å². The van der Waals surface area contributed by atoms with Crippen molar-refractivity contribution in [3.8, 4) is 11.5 Å². The Morgan fingerprint density at radius 2 is 1.74 bits per heavy atom. The molecule has 2 aromatic carbocycles. The standard InChI is InChI=1S/C21H21N3O3/c1-14-5-4-6-16(11-14)23-20-10-8-17(13-22-20)24-21(25)15-7-9-18(26-2)19(12-15)27-3/h4-13H,1-3H3,(H,22,23)(H,24,25). The molecular weight excluding hydrogens is 342 g/mol. The van der Waals surface area contributed by atoms with E-state index in [1.165, 1.54) is 12.7 Å². The molecule has 1 heterocycles. The second-order valence-corrected chi connectivity index (χ2v) is 5.95. The van der Waals surface area contributed by atoms with Gasteiger partial charge in [-0.15, -0.1) is 0 Å². The van der Waals surface area contributed by atoms with Crippen molar-refractivity contribution in [2.45, 2.75) is 6.92 Å². The molecule has 0 fully saturated rings. The molecule has 0 radical (unpaired) electrons. The number of ether oxygens (including phenoxy) is 2. The predicted octanol–water partition coefficient (Wildman–Crippen LogP) is 4.40. The van der Waals surface area contributed by atoms with Gasteiger partial charge in [-0.2, -0.15) is 0 Å². The van der Waals surface area contributed by atoms with Crippen LogP contribution in [-0.4, -0.2) is 25.1 Å². The van der Waals surface area contributed by atoms with Crippen molar-refractivity contribution in [3.63, 3.8) is 0 Å². The van der Waals surface area contributed by atoms with Gasteiger partial charge in [0, 0.05) is 11.3 Å². The number of nitrogens with one attached hydrogen (secondary N) is 2. The van der Waals surface area contributed by atoms with Crippen molar-refractivity contribution >= 4 is 23.1 Å². The zero-order chi connectivity index (χ0) is 19.2. The number of pyridine rings is 1. The van der Waals surface area contributed by atoms with E-state index in [1.54, 1.807) is 37.6 Å². The van der Waals surface area contributed by atoms with Crippen molar-refractivity contribution in [1.29, 1.82) is 0 Å². The Bertz CT molecular complexity index is 940. The normalized spacial score (nSPS) is 10.2. The van der Waals surface area contributed by atoms with Crippen LogP contribution in [0.4, 0.5) is 17.2 Å². The van der Waals surface area contributed by atoms with Crippen LogP contribution in [0.3, 0.4) is 0 Å². The maximum absolute atomic E-state index is 12.4. The van der Waals surface area contributed by atoms with E-state index < -0.39 is 0 Å². The maximum atomic E-state index is 12.4. The highest BCUT2D eigenvalue weighted by Crippen LogP contribution is 2.28. The number of hydrogen-bond donors (Lipinski definition) is 2. The number of hydrogen-bond acceptors (Lipinski definition) is 5. The number of carbonyl (C=O) groups excluding carboxylic acids is 1. The van der Waals surface area contributed by atoms with E-state index in [1.807, 2.05) is 37.3 Å². The molecule has 2 N–H and O–H groups in total. The summed E-state index contributed by atoms with van der Waals surface area (Å²) < 4.78 is 10.4. The van der Waals surface area contributed by atoms with Crippen molar-refractivity contribution in [3.05, 3.63) is 71.9 Å². The van der Waals surface area contributed by atoms with Gasteiger partial charge in [0.1, 0.15) is 5.82 Å². The number of methoxy groups -OCH3 is 2. The minimum Gasteiger partial charge on any atom is -0.493 e. The van der Waals surface area contributed by atoms with Gasteiger partial charge in [-0.25, -0.2) is 4.98 Å². The lowest BCUT2D eigenvalue weighted by Gasteiger charge is -2.10. The van der Waals surface area contributed by atoms with Gasteiger partial charge in [-0.3, -0.25) is 4.79 Å². The lowest BCUT2D eigenvalue weighted by Crippen LogP contribution is -2.12. The van der Waals surface area contributed by atoms with Crippen LogP contribution in [0.5, 0.6) is 11.5 Å². The number of carbonyl (C=O) groups is 1. The van der Waals surface area contributed by atoms with Crippen LogP contribution in [0.1, 0.15) is 15.9 Å². The number of nitrogens with zero attached hydrogens (tertiary/aromatic N) is 1. The first-order chi connectivity index (χ1) is 13.1. The fraction of sp³-hybridized carbons (Fsp3) is 0.143. The van der Waals surface area contributed by atoms with Crippen molar-refractivity contribution in [2.24, 2.45) is 0 Å². The zero-order valence-electron chi connectivity index (χ0n) is 15.4. The molecule has 0 bridgehead atoms. The summed E-state index contributed by atoms with van der Waals surface area (Å²) in [4.78, 5) is 16.8. The Morgan fingerprint density at radius 1 is 0.926 bits per heavy atom. The molecule has 0 aliphatic rings. The highest BCUT2D eigenvalue weighted by Gasteiger charge is 2.11. The Balaban J connectivity index is 1.68. The minimum atomic E-state index is -0.253. The van der Waals surface area contributed by atoms with Crippen LogP contribution < -0.4 is 20.1 Å². The van der Waals surface area contributed by atoms with E-state index in [0.29, 0.717) is 28.6 Å². The third-order valence-electron chi connectivity index (χ3n) is 3.96. The lowest BCUT2D eigenvalue weighted by molar-refractivity contribution is 0.102. The van der Waals surface area contributed by atoms with E-state index in [4.69, 9.17) is 9.47 Å². The summed E-state index contributed by atoms with van der Waals surface area (Å²) in [6.07, 6.45) is 1.61. The van der Waals surface area contributed by atoms with Gasteiger partial charge in [-0.05, 0) is 55.0 Å². The molecule has 3 aromatic rings. The number of benzene rings is 2. The quantitative estimate of drug-likeness (QED) is 0.679. The summed E-state index contributed by atoms with van der Waals surface area (Å²) in [5.74, 6) is 1.52. The maximum Gasteiger partial charge on any atom is 0.255 e. The molecular formula is C21H21N3O3. The smallest absolute Gasteiger partial charge is 0.255 e. The highest BCUT2D eigenvalue weighted by molar-refractivity contribution is 6.04. The molecule has 138 valence electrons. The van der Waals surface area contributed by atoms with Crippen LogP contribution in [0.2, 0.25) is 0 Å². The fourth-order valence-corrected chi connectivity index (χ4v) is 2.59. The number of aryl methyl sites for hydroxylation is 1. The second-order valence-electron chi connectivity index (χ2n) is 5.95. The molecule has 27 heavy (non-hydrogen) atoms. The summed E-state index contributed by atoms with van der Waals surface area (Å²) in [7, 11) is 3.08. The first-order valence-corrected chi connectivity index (χ1v) is 8.42. The lowest BCUT2D eigenvalue weighted by atomic mass is 10.2. The molecule has 1 amide bonds. The van der Waals surface area contributed by atoms with Gasteiger partial charge in [0.25, 0.3) is 5.91 Å². The minimum absolute atomic E-state index is 0.253. The Labute approximate surface area is 158 Å². The van der Waals surface area contributed by atoms with Gasteiger partial charge in [0.05, 0.1) is 26.1 Å². The first-order valence-electron chi connectivity index (χ1n) is 8.42. The van der Waals surface area contributed by atoms with Crippen LogP contribution in [0, 0.1) is 6.92 Å². The summed E-state index contributed by atoms with van der Waals surface area (Å²) in [6, 6.07) is 16.6. The van der Waals surface area contributed by atoms with E-state index >= 15 is 0 Å². The summed E-state index contributed by atoms with van der Waals surface area (Å²) in [6.45, 7) is 2.03. The van der Waals surface area contributed by atoms with Gasteiger partial charge < -0.3 is 20.1 Å². The average Bonchev–Trinajstić information content (AvgIpc) is 2.69. The SMILES string of the molecule is COc1ccc(C(=O)Nc2ccc(Nc3cccc(C)c3)nc2)cc1OC. The summed E-state index contributed by atoms with van der Waals surface area (Å²) in [5, 5.41) is 6.05. The molecule has 6 heteroatoms. The first kappa shape index (κ1) is 18.3. The molecule has 0 unspecified atom stereocenters. The third-order valence-corrected chi connectivity index (χ3v) is 3.96. The van der Waals surface area contributed by atoms with Gasteiger partial charge in [-0.1, -0.05) is 12.1 Å². The van der Waals surface area contributed by atoms with Crippen LogP contribution in [-0.2, 0) is 0 Å². The van der Waals surface area contributed by atoms with Gasteiger partial charge >= 0.3 is 0 Å². The number of amides is 1. The number of rotatable bonds is 6.